The van der Waals surface area contributed by atoms with Crippen LogP contribution >= 0.6 is 12.4 Å². The molecule has 1 N–H and O–H groups in total. The molecule has 0 aromatic heterocycles. The van der Waals surface area contributed by atoms with Gasteiger partial charge in [-0.1, -0.05) is 0 Å². The predicted octanol–water partition coefficient (Wildman–Crippen LogP) is 4.75. The lowest BCUT2D eigenvalue weighted by molar-refractivity contribution is -0.143. The monoisotopic (exact) mass is 412 g/mol. The fourth-order valence-corrected chi connectivity index (χ4v) is 2.83. The summed E-state index contributed by atoms with van der Waals surface area (Å²) < 4.78 is 104. The van der Waals surface area contributed by atoms with Gasteiger partial charge >= 0.3 is 12.4 Å². The fraction of sp³-hybridized carbons (Fsp3) is 0.600. The molecule has 26 heavy (non-hydrogen) atoms. The topological polar surface area (TPSA) is 15.3 Å². The summed E-state index contributed by atoms with van der Waals surface area (Å²) in [6, 6.07) is -0.152. The van der Waals surface area contributed by atoms with E-state index in [1.807, 2.05) is 0 Å². The Morgan fingerprint density at radius 2 is 1.35 bits per heavy atom. The van der Waals surface area contributed by atoms with Gasteiger partial charge in [0, 0.05) is 38.6 Å². The van der Waals surface area contributed by atoms with Crippen LogP contribution in [-0.2, 0) is 12.4 Å². The molecular formula is C15H17ClF8N2. The third-order valence-corrected chi connectivity index (χ3v) is 3.99. The van der Waals surface area contributed by atoms with Crippen molar-refractivity contribution in [1.82, 2.24) is 10.2 Å². The average Bonchev–Trinajstić information content (AvgIpc) is 2.51. The summed E-state index contributed by atoms with van der Waals surface area (Å²) in [5.74, 6) is 0. The first-order chi connectivity index (χ1) is 11.5. The van der Waals surface area contributed by atoms with Crippen LogP contribution < -0.4 is 5.32 Å². The summed E-state index contributed by atoms with van der Waals surface area (Å²) in [5, 5.41) is 2.96. The van der Waals surface area contributed by atoms with E-state index in [0.717, 1.165) is 0 Å². The molecule has 1 fully saturated rings. The van der Waals surface area contributed by atoms with Crippen LogP contribution in [0.15, 0.2) is 18.2 Å². The smallest absolute Gasteiger partial charge is 0.314 e. The number of piperazine rings is 1. The molecule has 150 valence electrons. The normalized spacial score (nSPS) is 17.9. The molecule has 0 amide bonds. The van der Waals surface area contributed by atoms with Gasteiger partial charge < -0.3 is 5.32 Å². The van der Waals surface area contributed by atoms with Gasteiger partial charge in [0.2, 0.25) is 6.43 Å². The van der Waals surface area contributed by atoms with E-state index in [2.05, 4.69) is 5.32 Å². The Balaban J connectivity index is 0.00000338. The lowest BCUT2D eigenvalue weighted by Gasteiger charge is -2.35. The maximum Gasteiger partial charge on any atom is 0.416 e. The highest BCUT2D eigenvalue weighted by molar-refractivity contribution is 5.85. The van der Waals surface area contributed by atoms with Crippen molar-refractivity contribution in [2.45, 2.75) is 31.2 Å². The van der Waals surface area contributed by atoms with E-state index in [1.54, 1.807) is 0 Å². The summed E-state index contributed by atoms with van der Waals surface area (Å²) >= 11 is 0. The number of alkyl halides is 8. The number of rotatable bonds is 4. The second-order valence-corrected chi connectivity index (χ2v) is 5.77. The van der Waals surface area contributed by atoms with Gasteiger partial charge in [0.25, 0.3) is 0 Å². The largest absolute Gasteiger partial charge is 0.416 e. The molecule has 0 spiro atoms. The molecule has 2 nitrogen and oxygen atoms in total. The van der Waals surface area contributed by atoms with Crippen LogP contribution in [0, 0.1) is 0 Å². The molecule has 0 unspecified atom stereocenters. The molecule has 11 heteroatoms. The lowest BCUT2D eigenvalue weighted by Crippen LogP contribution is -2.45. The minimum Gasteiger partial charge on any atom is -0.314 e. The zero-order chi connectivity index (χ0) is 18.8. The van der Waals surface area contributed by atoms with Gasteiger partial charge in [0.1, 0.15) is 0 Å². The summed E-state index contributed by atoms with van der Waals surface area (Å²) in [6.45, 7) is 1.36. The summed E-state index contributed by atoms with van der Waals surface area (Å²) in [6.07, 6.45) is -13.7. The lowest BCUT2D eigenvalue weighted by atomic mass is 9.96. The Kier molecular flexibility index (Phi) is 7.67. The van der Waals surface area contributed by atoms with Gasteiger partial charge in [0.05, 0.1) is 11.1 Å². The Bertz CT molecular complexity index is 550. The fourth-order valence-electron chi connectivity index (χ4n) is 2.83. The quantitative estimate of drug-likeness (QED) is 0.718. The van der Waals surface area contributed by atoms with E-state index in [4.69, 9.17) is 0 Å². The second-order valence-electron chi connectivity index (χ2n) is 5.77. The predicted molar refractivity (Wildman–Crippen MR) is 81.5 cm³/mol. The highest BCUT2D eigenvalue weighted by Crippen LogP contribution is 2.39. The van der Waals surface area contributed by atoms with Crippen LogP contribution in [0.5, 0.6) is 0 Å². The molecule has 1 aliphatic heterocycles. The van der Waals surface area contributed by atoms with Gasteiger partial charge in [-0.15, -0.1) is 12.4 Å². The zero-order valence-corrected chi connectivity index (χ0v) is 14.1. The first kappa shape index (κ1) is 22.9. The van der Waals surface area contributed by atoms with Crippen molar-refractivity contribution in [3.8, 4) is 0 Å². The third kappa shape index (κ3) is 5.95. The third-order valence-electron chi connectivity index (χ3n) is 3.99. The Labute approximate surface area is 150 Å². The Morgan fingerprint density at radius 1 is 0.885 bits per heavy atom. The summed E-state index contributed by atoms with van der Waals surface area (Å²) in [5.41, 5.74) is -3.39. The molecule has 1 atom stereocenters. The molecule has 1 aliphatic rings. The molecule has 0 radical (unpaired) electrons. The van der Waals surface area contributed by atoms with E-state index in [9.17, 15) is 35.1 Å². The van der Waals surface area contributed by atoms with Crippen LogP contribution in [0.25, 0.3) is 0 Å². The van der Waals surface area contributed by atoms with Crippen molar-refractivity contribution < 1.29 is 35.1 Å². The van der Waals surface area contributed by atoms with Crippen LogP contribution in [-0.4, -0.2) is 37.5 Å². The van der Waals surface area contributed by atoms with E-state index < -0.39 is 47.9 Å². The number of hydrogen-bond donors (Lipinski definition) is 1. The molecule has 1 saturated heterocycles. The summed E-state index contributed by atoms with van der Waals surface area (Å²) in [7, 11) is 0. The minimum absolute atomic E-state index is 0. The molecule has 0 bridgehead atoms. The Hall–Kier alpha value is -1.13. The highest BCUT2D eigenvalue weighted by Gasteiger charge is 2.38. The van der Waals surface area contributed by atoms with Gasteiger partial charge in [-0.25, -0.2) is 8.78 Å². The number of benzene rings is 1. The molecule has 0 saturated carbocycles. The first-order valence-corrected chi connectivity index (χ1v) is 7.51. The molecule has 1 aromatic carbocycles. The van der Waals surface area contributed by atoms with Crippen LogP contribution in [0.3, 0.4) is 0 Å². The molecule has 2 rings (SSSR count). The number of hydrogen-bond acceptors (Lipinski definition) is 2. The van der Waals surface area contributed by atoms with E-state index in [-0.39, 0.29) is 31.6 Å². The van der Waals surface area contributed by atoms with Crippen molar-refractivity contribution in [1.29, 1.82) is 0 Å². The van der Waals surface area contributed by atoms with Gasteiger partial charge in [-0.2, -0.15) is 26.3 Å². The SMILES string of the molecule is Cl.FC(F)C[C@H](c1cc(C(F)(F)F)cc(C(F)(F)F)c1)N1CCNCC1. The first-order valence-electron chi connectivity index (χ1n) is 7.51. The van der Waals surface area contributed by atoms with Crippen LogP contribution in [0.4, 0.5) is 35.1 Å². The van der Waals surface area contributed by atoms with Crippen molar-refractivity contribution in [3.05, 3.63) is 34.9 Å². The molecular weight excluding hydrogens is 396 g/mol. The zero-order valence-electron chi connectivity index (χ0n) is 13.3. The van der Waals surface area contributed by atoms with Crippen molar-refractivity contribution >= 4 is 12.4 Å². The van der Waals surface area contributed by atoms with Crippen molar-refractivity contribution in [3.63, 3.8) is 0 Å². The van der Waals surface area contributed by atoms with E-state index in [0.29, 0.717) is 25.2 Å². The second kappa shape index (κ2) is 8.71. The standard InChI is InChI=1S/C15H16F8N2.ClH/c16-13(17)8-12(25-3-1-24-2-4-25)9-5-10(14(18,19)20)7-11(6-9)15(21,22)23;/h5-7,12-13,24H,1-4,8H2;1H/t12-;/m1./s1. The van der Waals surface area contributed by atoms with Crippen molar-refractivity contribution in [2.75, 3.05) is 26.2 Å². The van der Waals surface area contributed by atoms with Crippen molar-refractivity contribution in [2.24, 2.45) is 0 Å². The molecule has 1 aromatic rings. The summed E-state index contributed by atoms with van der Waals surface area (Å²) in [4.78, 5) is 1.48. The van der Waals surface area contributed by atoms with Gasteiger partial charge in [-0.3, -0.25) is 4.90 Å². The molecule has 0 aliphatic carbocycles. The maximum atomic E-state index is 13.0. The highest BCUT2D eigenvalue weighted by atomic mass is 35.5. The number of nitrogens with zero attached hydrogens (tertiary/aromatic N) is 1. The van der Waals surface area contributed by atoms with Crippen LogP contribution in [0.2, 0.25) is 0 Å². The van der Waals surface area contributed by atoms with Crippen LogP contribution in [0.1, 0.15) is 29.2 Å². The van der Waals surface area contributed by atoms with E-state index >= 15 is 0 Å². The molecule has 1 heterocycles. The number of nitrogens with one attached hydrogen (secondary N) is 1. The maximum absolute atomic E-state index is 13.0. The van der Waals surface area contributed by atoms with Gasteiger partial charge in [-0.05, 0) is 23.8 Å². The minimum atomic E-state index is -5.01. The number of halogens is 9. The van der Waals surface area contributed by atoms with Gasteiger partial charge in [0.15, 0.2) is 0 Å². The van der Waals surface area contributed by atoms with E-state index in [1.165, 1.54) is 4.90 Å². The average molecular weight is 413 g/mol. The Morgan fingerprint density at radius 3 is 1.73 bits per heavy atom.